The van der Waals surface area contributed by atoms with Gasteiger partial charge in [-0.05, 0) is 12.0 Å². The molecule has 1 aromatic carbocycles. The minimum atomic E-state index is -4.93. The topological polar surface area (TPSA) is 236 Å². The molecule has 0 saturated carbocycles. The molecule has 2 unspecified atom stereocenters. The molecule has 0 spiro atoms. The number of aromatic amines is 1. The average Bonchev–Trinajstić information content (AvgIpc) is 3.28. The lowest BCUT2D eigenvalue weighted by Gasteiger charge is -2.24. The van der Waals surface area contributed by atoms with Gasteiger partial charge in [-0.25, -0.2) is 13.8 Å². The Morgan fingerprint density at radius 2 is 1.70 bits per heavy atom. The van der Waals surface area contributed by atoms with Gasteiger partial charge < -0.3 is 30.1 Å². The summed E-state index contributed by atoms with van der Waals surface area (Å²) >= 11 is 0. The number of carbonyl (C=O) groups is 2. The zero-order chi connectivity index (χ0) is 33.7. The molecule has 1 saturated heterocycles. The number of aliphatic hydroxyl groups excluding tert-OH is 3. The number of hydrogen-bond donors (Lipinski definition) is 6. The first-order chi connectivity index (χ1) is 21.9. The fourth-order valence-corrected chi connectivity index (χ4v) is 5.58. The van der Waals surface area contributed by atoms with Gasteiger partial charge in [-0.1, -0.05) is 75.8 Å². The van der Waals surface area contributed by atoms with Crippen LogP contribution in [0.5, 0.6) is 0 Å². The van der Waals surface area contributed by atoms with Crippen LogP contribution in [-0.2, 0) is 28.8 Å². The second-order valence-electron chi connectivity index (χ2n) is 10.9. The van der Waals surface area contributed by atoms with Crippen LogP contribution >= 0.6 is 0 Å². The first kappa shape index (κ1) is 36.9. The highest BCUT2D eigenvalue weighted by Gasteiger charge is 2.44. The first-order valence-electron chi connectivity index (χ1n) is 15.1. The van der Waals surface area contributed by atoms with E-state index < -0.39 is 77.0 Å². The van der Waals surface area contributed by atoms with Gasteiger partial charge in [0.15, 0.2) is 12.5 Å². The second kappa shape index (κ2) is 17.9. The van der Waals surface area contributed by atoms with Crippen LogP contribution in [0.3, 0.4) is 0 Å². The number of aliphatic hydroxyl groups is 3. The third-order valence-electron chi connectivity index (χ3n) is 7.28. The maximum absolute atomic E-state index is 12.7. The van der Waals surface area contributed by atoms with E-state index in [0.717, 1.165) is 55.4 Å². The lowest BCUT2D eigenvalue weighted by atomic mass is 10.1. The summed E-state index contributed by atoms with van der Waals surface area (Å²) < 4.78 is 43.1. The van der Waals surface area contributed by atoms with E-state index in [-0.39, 0.29) is 18.4 Å². The number of ether oxygens (including phenoxy) is 2. The number of rotatable bonds is 18. The van der Waals surface area contributed by atoms with Crippen molar-refractivity contribution in [3.05, 3.63) is 69.0 Å². The van der Waals surface area contributed by atoms with Gasteiger partial charge in [0, 0.05) is 25.1 Å². The van der Waals surface area contributed by atoms with Crippen molar-refractivity contribution in [2.75, 3.05) is 6.61 Å². The number of unbranched alkanes of at least 4 members (excludes halogenated alkanes) is 6. The van der Waals surface area contributed by atoms with E-state index in [9.17, 15) is 42.9 Å². The highest BCUT2D eigenvalue weighted by atomic mass is 32.2. The van der Waals surface area contributed by atoms with Crippen molar-refractivity contribution in [2.24, 2.45) is 0 Å². The lowest BCUT2D eigenvalue weighted by molar-refractivity contribution is -0.125. The van der Waals surface area contributed by atoms with E-state index >= 15 is 0 Å². The summed E-state index contributed by atoms with van der Waals surface area (Å²) in [7, 11) is -4.93. The van der Waals surface area contributed by atoms with E-state index in [0.29, 0.717) is 6.42 Å². The zero-order valence-corrected chi connectivity index (χ0v) is 26.3. The number of hydrogen-bond acceptors (Lipinski definition) is 12. The molecule has 6 atom stereocenters. The van der Waals surface area contributed by atoms with Crippen LogP contribution in [0.25, 0.3) is 0 Å². The molecule has 1 fully saturated rings. The van der Waals surface area contributed by atoms with Crippen molar-refractivity contribution in [1.82, 2.24) is 19.6 Å². The number of amides is 2. The minimum absolute atomic E-state index is 0.0755. The van der Waals surface area contributed by atoms with Crippen molar-refractivity contribution >= 4 is 22.3 Å². The van der Waals surface area contributed by atoms with Crippen molar-refractivity contribution < 1.29 is 47.0 Å². The van der Waals surface area contributed by atoms with Crippen LogP contribution in [-0.4, -0.2) is 76.4 Å². The minimum Gasteiger partial charge on any atom is -0.449 e. The highest BCUT2D eigenvalue weighted by Crippen LogP contribution is 2.30. The smallest absolute Gasteiger partial charge is 0.422 e. The highest BCUT2D eigenvalue weighted by molar-refractivity contribution is 7.85. The Bertz CT molecular complexity index is 1480. The summed E-state index contributed by atoms with van der Waals surface area (Å²) in [6.45, 7) is 1.63. The van der Waals surface area contributed by atoms with E-state index in [4.69, 9.17) is 13.7 Å². The Balaban J connectivity index is 1.52. The number of H-pyrrole nitrogens is 1. The Kier molecular flexibility index (Phi) is 14.4. The van der Waals surface area contributed by atoms with Gasteiger partial charge >= 0.3 is 22.1 Å². The molecule has 2 aromatic rings. The van der Waals surface area contributed by atoms with Gasteiger partial charge in [0.25, 0.3) is 5.56 Å². The standard InChI is InChI=1S/C29H42N4O12S/c1-2-3-4-5-6-7-11-14-21(34)30-26(23(36)19-12-9-8-10-13-19)45-46(41,42)32-29(40)43-18-16-20-24(37)25(38)27(44-20)33-17-15-22(35)31-28(33)39/h8-10,12-13,15,17,20,23-27,36-38H,2-7,11,14,16,18H2,1H3,(H,30,34)(H,32,40)(H,31,35,39)/t20-,23?,24-,25-,26?,27-/m1/s1. The molecule has 0 aliphatic carbocycles. The first-order valence-corrected chi connectivity index (χ1v) is 16.6. The van der Waals surface area contributed by atoms with Gasteiger partial charge in [-0.2, -0.15) is 13.1 Å². The van der Waals surface area contributed by atoms with Crippen molar-refractivity contribution in [2.45, 2.75) is 102 Å². The molecule has 1 aliphatic rings. The van der Waals surface area contributed by atoms with Crippen LogP contribution in [0.1, 0.15) is 82.6 Å². The van der Waals surface area contributed by atoms with Crippen LogP contribution < -0.4 is 21.3 Å². The molecule has 3 rings (SSSR count). The van der Waals surface area contributed by atoms with E-state index in [2.05, 4.69) is 12.2 Å². The molecule has 2 heterocycles. The molecule has 2 amide bonds. The summed E-state index contributed by atoms with van der Waals surface area (Å²) in [5.41, 5.74) is -1.30. The van der Waals surface area contributed by atoms with Gasteiger partial charge in [0.1, 0.15) is 18.3 Å². The summed E-state index contributed by atoms with van der Waals surface area (Å²) in [5.74, 6) is -0.550. The molecule has 1 aromatic heterocycles. The average molecular weight is 671 g/mol. The summed E-state index contributed by atoms with van der Waals surface area (Å²) in [6.07, 6.45) is -2.68. The number of benzene rings is 1. The molecule has 0 radical (unpaired) electrons. The molecule has 16 nitrogen and oxygen atoms in total. The SMILES string of the molecule is CCCCCCCCCC(=O)NC(OS(=O)(=O)NC(=O)OCC[C@H]1O[C@@H](n2ccc(=O)[nH]c2=O)[C@H](O)[C@@H]1O)C(O)c1ccccc1. The Morgan fingerprint density at radius 3 is 2.37 bits per heavy atom. The molecule has 17 heteroatoms. The number of carbonyl (C=O) groups excluding carboxylic acids is 2. The maximum Gasteiger partial charge on any atom is 0.422 e. The van der Waals surface area contributed by atoms with Crippen LogP contribution in [0.15, 0.2) is 52.2 Å². The predicted molar refractivity (Wildman–Crippen MR) is 162 cm³/mol. The molecule has 6 N–H and O–H groups in total. The zero-order valence-electron chi connectivity index (χ0n) is 25.4. The van der Waals surface area contributed by atoms with E-state index in [1.54, 1.807) is 18.2 Å². The van der Waals surface area contributed by atoms with Crippen LogP contribution in [0.4, 0.5) is 4.79 Å². The van der Waals surface area contributed by atoms with Gasteiger partial charge in [-0.15, -0.1) is 0 Å². The third kappa shape index (κ3) is 11.3. The summed E-state index contributed by atoms with van der Waals surface area (Å²) in [4.78, 5) is 50.2. The third-order valence-corrected chi connectivity index (χ3v) is 8.15. The largest absolute Gasteiger partial charge is 0.449 e. The quantitative estimate of drug-likeness (QED) is 0.0957. The number of nitrogens with zero attached hydrogens (tertiary/aromatic N) is 1. The second-order valence-corrected chi connectivity index (χ2v) is 12.2. The normalized spacial score (nSPS) is 21.0. The van der Waals surface area contributed by atoms with Crippen molar-refractivity contribution in [3.8, 4) is 0 Å². The number of aromatic nitrogens is 2. The monoisotopic (exact) mass is 670 g/mol. The molecule has 256 valence electrons. The summed E-state index contributed by atoms with van der Waals surface area (Å²) in [5, 5.41) is 33.8. The van der Waals surface area contributed by atoms with Crippen LogP contribution in [0.2, 0.25) is 0 Å². The van der Waals surface area contributed by atoms with Crippen molar-refractivity contribution in [1.29, 1.82) is 0 Å². The number of nitrogens with one attached hydrogen (secondary N) is 3. The molecule has 1 aliphatic heterocycles. The molecule has 0 bridgehead atoms. The maximum atomic E-state index is 12.7. The Hall–Kier alpha value is -3.61. The molecular weight excluding hydrogens is 628 g/mol. The van der Waals surface area contributed by atoms with Crippen LogP contribution in [0, 0.1) is 0 Å². The molecular formula is C29H42N4O12S. The molecule has 46 heavy (non-hydrogen) atoms. The fraction of sp³-hybridized carbons (Fsp3) is 0.586. The van der Waals surface area contributed by atoms with E-state index in [1.165, 1.54) is 16.9 Å². The van der Waals surface area contributed by atoms with Gasteiger partial charge in [0.2, 0.25) is 5.91 Å². The van der Waals surface area contributed by atoms with Crippen molar-refractivity contribution in [3.63, 3.8) is 0 Å². The fourth-order valence-electron chi connectivity index (χ4n) is 4.84. The Labute approximate surface area is 266 Å². The lowest BCUT2D eigenvalue weighted by Crippen LogP contribution is -2.45. The van der Waals surface area contributed by atoms with E-state index in [1.807, 2.05) is 4.98 Å². The predicted octanol–water partition coefficient (Wildman–Crippen LogP) is 0.850. The Morgan fingerprint density at radius 1 is 1.02 bits per heavy atom. The van der Waals surface area contributed by atoms with Gasteiger partial charge in [-0.3, -0.25) is 19.1 Å². The summed E-state index contributed by atoms with van der Waals surface area (Å²) in [6, 6.07) is 8.92. The van der Waals surface area contributed by atoms with Gasteiger partial charge in [0.05, 0.1) is 12.7 Å².